The average Bonchev–Trinajstić information content (AvgIpc) is 3.09. The Morgan fingerprint density at radius 3 is 1.04 bits per heavy atom. The van der Waals surface area contributed by atoms with Gasteiger partial charge in [-0.05, 0) is 62.5 Å². The van der Waals surface area contributed by atoms with Gasteiger partial charge in [0, 0.05) is 24.2 Å². The van der Waals surface area contributed by atoms with Crippen molar-refractivity contribution in [3.63, 3.8) is 0 Å². The van der Waals surface area contributed by atoms with E-state index in [1.165, 1.54) is 25.7 Å². The molecule has 4 saturated carbocycles. The van der Waals surface area contributed by atoms with Crippen LogP contribution in [-0.2, 0) is 41.5 Å². The number of amides is 2. The first-order valence-corrected chi connectivity index (χ1v) is 18.5. The number of nitrogens with zero attached hydrogens (tertiary/aromatic N) is 2. The van der Waals surface area contributed by atoms with Crippen molar-refractivity contribution in [3.05, 3.63) is 35.4 Å². The first-order valence-electron chi connectivity index (χ1n) is 18.5. The lowest BCUT2D eigenvalue weighted by Gasteiger charge is -2.41. The molecule has 0 aromatic heterocycles. The van der Waals surface area contributed by atoms with E-state index in [1.54, 1.807) is 12.1 Å². The van der Waals surface area contributed by atoms with Gasteiger partial charge in [0.05, 0.1) is 12.8 Å². The number of carbonyl (C=O) groups excluding carboxylic acids is 4. The number of benzene rings is 1. The predicted octanol–water partition coefficient (Wildman–Crippen LogP) is 6.85. The molecule has 4 fully saturated rings. The van der Waals surface area contributed by atoms with Crippen molar-refractivity contribution >= 4 is 23.8 Å². The van der Waals surface area contributed by atoms with Gasteiger partial charge in [0.1, 0.15) is 0 Å². The molecule has 0 saturated heterocycles. The predicted molar refractivity (Wildman–Crippen MR) is 177 cm³/mol. The maximum Gasteiger partial charge on any atom is 0.310 e. The normalized spacial score (nSPS) is 20.5. The minimum absolute atomic E-state index is 0.0281. The van der Waals surface area contributed by atoms with Gasteiger partial charge in [-0.1, -0.05) is 101 Å². The molecule has 0 radical (unpaired) electrons. The van der Waals surface area contributed by atoms with Crippen LogP contribution in [0.1, 0.15) is 140 Å². The summed E-state index contributed by atoms with van der Waals surface area (Å²) in [6, 6.07) is 8.26. The molecular weight excluding hydrogens is 580 g/mol. The number of carbonyl (C=O) groups is 4. The van der Waals surface area contributed by atoms with Crippen LogP contribution in [0.15, 0.2) is 24.3 Å². The Hall–Kier alpha value is -2.90. The van der Waals surface area contributed by atoms with Crippen LogP contribution in [-0.4, -0.2) is 70.9 Å². The summed E-state index contributed by atoms with van der Waals surface area (Å²) in [4.78, 5) is 57.0. The van der Waals surface area contributed by atoms with E-state index in [1.807, 2.05) is 12.1 Å². The third-order valence-corrected chi connectivity index (χ3v) is 10.9. The average molecular weight is 637 g/mol. The van der Waals surface area contributed by atoms with Crippen molar-refractivity contribution in [3.8, 4) is 0 Å². The fraction of sp³-hybridized carbons (Fsp3) is 0.737. The largest absolute Gasteiger partial charge is 0.455 e. The fourth-order valence-corrected chi connectivity index (χ4v) is 8.60. The van der Waals surface area contributed by atoms with Crippen LogP contribution in [0.2, 0.25) is 0 Å². The fourth-order valence-electron chi connectivity index (χ4n) is 8.60. The highest BCUT2D eigenvalue weighted by Crippen LogP contribution is 2.32. The molecule has 8 nitrogen and oxygen atoms in total. The van der Waals surface area contributed by atoms with E-state index < -0.39 is 11.9 Å². The van der Waals surface area contributed by atoms with Gasteiger partial charge in [-0.3, -0.25) is 19.2 Å². The van der Waals surface area contributed by atoms with Gasteiger partial charge in [0.2, 0.25) is 0 Å². The Labute approximate surface area is 275 Å². The molecule has 8 heteroatoms. The highest BCUT2D eigenvalue weighted by Gasteiger charge is 2.34. The number of hydrogen-bond acceptors (Lipinski definition) is 6. The zero-order chi connectivity index (χ0) is 32.1. The van der Waals surface area contributed by atoms with Crippen molar-refractivity contribution in [2.45, 2.75) is 165 Å². The molecule has 0 atom stereocenters. The summed E-state index contributed by atoms with van der Waals surface area (Å²) in [6.07, 6.45) is 22.3. The summed E-state index contributed by atoms with van der Waals surface area (Å²) in [7, 11) is 0. The van der Waals surface area contributed by atoms with Crippen LogP contribution in [0, 0.1) is 0 Å². The van der Waals surface area contributed by atoms with Crippen LogP contribution in [0.4, 0.5) is 0 Å². The standard InChI is InChI=1S/C38H56N2O6/c41-35(39(31-17-5-1-6-18-31)32-19-7-2-8-20-32)27-45-37(43)25-29-15-13-14-16-30(29)26-38(44)46-28-36(42)40(33-21-9-3-10-22-33)34-23-11-4-12-24-34/h13-16,31-34H,1-12,17-28H2. The summed E-state index contributed by atoms with van der Waals surface area (Å²) in [5.41, 5.74) is 1.34. The van der Waals surface area contributed by atoms with Crippen LogP contribution in [0.5, 0.6) is 0 Å². The van der Waals surface area contributed by atoms with E-state index >= 15 is 0 Å². The van der Waals surface area contributed by atoms with Gasteiger partial charge in [-0.15, -0.1) is 0 Å². The maximum absolute atomic E-state index is 13.4. The molecule has 4 aliphatic carbocycles. The molecule has 1 aromatic rings. The molecule has 1 aromatic carbocycles. The molecule has 0 spiro atoms. The quantitative estimate of drug-likeness (QED) is 0.233. The molecular formula is C38H56N2O6. The lowest BCUT2D eigenvalue weighted by Crippen LogP contribution is -2.50. The first-order chi connectivity index (χ1) is 22.5. The molecule has 0 unspecified atom stereocenters. The second-order valence-corrected chi connectivity index (χ2v) is 14.2. The molecule has 0 N–H and O–H groups in total. The highest BCUT2D eigenvalue weighted by molar-refractivity contribution is 5.83. The third-order valence-electron chi connectivity index (χ3n) is 10.9. The number of hydrogen-bond donors (Lipinski definition) is 0. The van der Waals surface area contributed by atoms with Crippen LogP contribution in [0.25, 0.3) is 0 Å². The number of ether oxygens (including phenoxy) is 2. The van der Waals surface area contributed by atoms with Gasteiger partial charge >= 0.3 is 11.9 Å². The first kappa shape index (κ1) is 34.4. The molecule has 5 rings (SSSR count). The van der Waals surface area contributed by atoms with Gasteiger partial charge in [-0.25, -0.2) is 0 Å². The van der Waals surface area contributed by atoms with Gasteiger partial charge in [0.25, 0.3) is 11.8 Å². The van der Waals surface area contributed by atoms with E-state index in [2.05, 4.69) is 9.80 Å². The monoisotopic (exact) mass is 636 g/mol. The van der Waals surface area contributed by atoms with Crippen molar-refractivity contribution < 1.29 is 28.7 Å². The lowest BCUT2D eigenvalue weighted by atomic mass is 9.88. The van der Waals surface area contributed by atoms with Crippen LogP contribution >= 0.6 is 0 Å². The number of rotatable bonds is 12. The Bertz CT molecular complexity index is 1020. The lowest BCUT2D eigenvalue weighted by molar-refractivity contribution is -0.155. The van der Waals surface area contributed by atoms with Crippen molar-refractivity contribution in [2.75, 3.05) is 13.2 Å². The molecule has 0 aliphatic heterocycles. The molecule has 2 amide bonds. The summed E-state index contributed by atoms with van der Waals surface area (Å²) >= 11 is 0. The van der Waals surface area contributed by atoms with Crippen LogP contribution in [0.3, 0.4) is 0 Å². The zero-order valence-corrected chi connectivity index (χ0v) is 27.9. The summed E-state index contributed by atoms with van der Waals surface area (Å²) in [5.74, 6) is -1.12. The Balaban J connectivity index is 1.12. The summed E-state index contributed by atoms with van der Waals surface area (Å²) < 4.78 is 11.1. The third kappa shape index (κ3) is 9.80. The molecule has 254 valence electrons. The van der Waals surface area contributed by atoms with E-state index in [4.69, 9.17) is 9.47 Å². The minimum Gasteiger partial charge on any atom is -0.455 e. The maximum atomic E-state index is 13.4. The van der Waals surface area contributed by atoms with Gasteiger partial charge < -0.3 is 19.3 Å². The summed E-state index contributed by atoms with van der Waals surface area (Å²) in [5, 5.41) is 0. The molecule has 46 heavy (non-hydrogen) atoms. The van der Waals surface area contributed by atoms with Gasteiger partial charge in [-0.2, -0.15) is 0 Å². The molecule has 0 heterocycles. The zero-order valence-electron chi connectivity index (χ0n) is 27.9. The Morgan fingerprint density at radius 1 is 0.478 bits per heavy atom. The van der Waals surface area contributed by atoms with E-state index in [0.29, 0.717) is 11.1 Å². The Morgan fingerprint density at radius 2 is 0.761 bits per heavy atom. The number of esters is 2. The van der Waals surface area contributed by atoms with E-state index in [0.717, 1.165) is 103 Å². The van der Waals surface area contributed by atoms with Crippen molar-refractivity contribution in [2.24, 2.45) is 0 Å². The molecule has 0 bridgehead atoms. The second-order valence-electron chi connectivity index (χ2n) is 14.2. The van der Waals surface area contributed by atoms with Crippen molar-refractivity contribution in [1.29, 1.82) is 0 Å². The second kappa shape index (κ2) is 17.9. The Kier molecular flexibility index (Phi) is 13.4. The topological polar surface area (TPSA) is 93.2 Å². The van der Waals surface area contributed by atoms with E-state index in [-0.39, 0.29) is 62.0 Å². The molecule has 4 aliphatic rings. The highest BCUT2D eigenvalue weighted by atomic mass is 16.5. The minimum atomic E-state index is -0.479. The van der Waals surface area contributed by atoms with Crippen molar-refractivity contribution in [1.82, 2.24) is 9.80 Å². The SMILES string of the molecule is O=C(Cc1ccccc1CC(=O)OCC(=O)N(C1CCCCC1)C1CCCCC1)OCC(=O)N(C1CCCCC1)C1CCCCC1. The van der Waals surface area contributed by atoms with Crippen LogP contribution < -0.4 is 0 Å². The smallest absolute Gasteiger partial charge is 0.310 e. The van der Waals surface area contributed by atoms with Gasteiger partial charge in [0.15, 0.2) is 13.2 Å². The summed E-state index contributed by atoms with van der Waals surface area (Å²) in [6.45, 7) is -0.479. The van der Waals surface area contributed by atoms with E-state index in [9.17, 15) is 19.2 Å².